The second kappa shape index (κ2) is 4.08. The summed E-state index contributed by atoms with van der Waals surface area (Å²) in [7, 11) is 0. The van der Waals surface area contributed by atoms with Crippen molar-refractivity contribution in [1.82, 2.24) is 0 Å². The zero-order chi connectivity index (χ0) is 11.1. The van der Waals surface area contributed by atoms with E-state index in [2.05, 4.69) is 20.8 Å². The number of aliphatic hydroxyl groups is 1. The van der Waals surface area contributed by atoms with Crippen LogP contribution in [0.25, 0.3) is 0 Å². The Kier molecular flexibility index (Phi) is 3.12. The smallest absolute Gasteiger partial charge is 0.0574 e. The van der Waals surface area contributed by atoms with Crippen molar-refractivity contribution < 1.29 is 5.11 Å². The first-order valence-corrected chi connectivity index (χ1v) is 6.67. The van der Waals surface area contributed by atoms with Gasteiger partial charge in [-0.05, 0) is 48.9 Å². The molecule has 2 aliphatic carbocycles. The Hall–Kier alpha value is -0.0400. The Morgan fingerprint density at radius 1 is 1.13 bits per heavy atom. The number of hydrogen-bond donors (Lipinski definition) is 1. The molecule has 2 saturated carbocycles. The normalized spacial score (nSPS) is 37.2. The Balaban J connectivity index is 1.75. The maximum Gasteiger partial charge on any atom is 0.0574 e. The second-order valence-electron chi connectivity index (χ2n) is 6.86. The highest BCUT2D eigenvalue weighted by atomic mass is 16.3. The van der Waals surface area contributed by atoms with Crippen LogP contribution in [-0.2, 0) is 0 Å². The van der Waals surface area contributed by atoms with Crippen molar-refractivity contribution in [1.29, 1.82) is 0 Å². The molecule has 3 unspecified atom stereocenters. The first-order chi connectivity index (χ1) is 6.99. The number of aliphatic hydroxyl groups excluding tert-OH is 1. The third-order valence-corrected chi connectivity index (χ3v) is 4.36. The fourth-order valence-electron chi connectivity index (χ4n) is 3.39. The van der Waals surface area contributed by atoms with Crippen molar-refractivity contribution in [3.8, 4) is 0 Å². The lowest BCUT2D eigenvalue weighted by molar-refractivity contribution is 0.115. The van der Waals surface area contributed by atoms with E-state index in [1.807, 2.05) is 0 Å². The van der Waals surface area contributed by atoms with Crippen LogP contribution in [0.15, 0.2) is 0 Å². The van der Waals surface area contributed by atoms with Crippen molar-refractivity contribution >= 4 is 0 Å². The number of fused-ring (bicyclic) bond motifs is 1. The van der Waals surface area contributed by atoms with Crippen LogP contribution < -0.4 is 0 Å². The van der Waals surface area contributed by atoms with Gasteiger partial charge in [0, 0.05) is 0 Å². The molecule has 0 spiro atoms. The van der Waals surface area contributed by atoms with Gasteiger partial charge in [0.1, 0.15) is 0 Å². The molecule has 2 rings (SSSR count). The largest absolute Gasteiger partial charge is 0.393 e. The Labute approximate surface area is 94.3 Å². The van der Waals surface area contributed by atoms with Gasteiger partial charge in [-0.15, -0.1) is 0 Å². The molecule has 3 atom stereocenters. The summed E-state index contributed by atoms with van der Waals surface area (Å²) in [5.74, 6) is 2.47. The molecule has 0 aromatic carbocycles. The maximum atomic E-state index is 10.2. The summed E-state index contributed by atoms with van der Waals surface area (Å²) in [5.41, 5.74) is 0.376. The van der Waals surface area contributed by atoms with Gasteiger partial charge >= 0.3 is 0 Å². The van der Waals surface area contributed by atoms with E-state index in [4.69, 9.17) is 0 Å². The zero-order valence-electron chi connectivity index (χ0n) is 10.5. The third kappa shape index (κ3) is 2.75. The summed E-state index contributed by atoms with van der Waals surface area (Å²) in [6.07, 6.45) is 7.76. The van der Waals surface area contributed by atoms with Gasteiger partial charge in [-0.2, -0.15) is 0 Å². The van der Waals surface area contributed by atoms with Crippen LogP contribution in [0.3, 0.4) is 0 Å². The summed E-state index contributed by atoms with van der Waals surface area (Å²) >= 11 is 0. The van der Waals surface area contributed by atoms with E-state index < -0.39 is 0 Å². The summed E-state index contributed by atoms with van der Waals surface area (Å²) in [4.78, 5) is 0. The predicted octanol–water partition coefficient (Wildman–Crippen LogP) is 3.61. The first kappa shape index (κ1) is 11.4. The van der Waals surface area contributed by atoms with Gasteiger partial charge in [0.2, 0.25) is 0 Å². The predicted molar refractivity (Wildman–Crippen MR) is 63.6 cm³/mol. The van der Waals surface area contributed by atoms with Crippen molar-refractivity contribution in [2.45, 2.75) is 65.4 Å². The average molecular weight is 210 g/mol. The van der Waals surface area contributed by atoms with Gasteiger partial charge in [-0.25, -0.2) is 0 Å². The molecule has 1 N–H and O–H groups in total. The van der Waals surface area contributed by atoms with E-state index in [9.17, 15) is 5.11 Å². The van der Waals surface area contributed by atoms with Gasteiger partial charge < -0.3 is 5.11 Å². The molecule has 0 radical (unpaired) electrons. The Morgan fingerprint density at radius 3 is 2.13 bits per heavy atom. The molecule has 0 aliphatic heterocycles. The van der Waals surface area contributed by atoms with Crippen LogP contribution in [0.5, 0.6) is 0 Å². The molecule has 88 valence electrons. The van der Waals surface area contributed by atoms with E-state index in [1.54, 1.807) is 0 Å². The lowest BCUT2D eigenvalue weighted by Crippen LogP contribution is -2.16. The highest BCUT2D eigenvalue weighted by Crippen LogP contribution is 2.57. The summed E-state index contributed by atoms with van der Waals surface area (Å²) in [6, 6.07) is 0. The van der Waals surface area contributed by atoms with Crippen LogP contribution in [0.4, 0.5) is 0 Å². The van der Waals surface area contributed by atoms with Gasteiger partial charge in [0.25, 0.3) is 0 Å². The quantitative estimate of drug-likeness (QED) is 0.754. The summed E-state index contributed by atoms with van der Waals surface area (Å²) in [5, 5.41) is 10.2. The Morgan fingerprint density at radius 2 is 1.67 bits per heavy atom. The molecule has 0 bridgehead atoms. The van der Waals surface area contributed by atoms with E-state index in [-0.39, 0.29) is 6.10 Å². The molecule has 2 aliphatic rings. The standard InChI is InChI=1S/C14H26O/c1-14(2,3)9-8-12(15)13-10-6-4-5-7-11(10)13/h10-13,15H,4-9H2,1-3H3. The molecular formula is C14H26O. The first-order valence-electron chi connectivity index (χ1n) is 6.67. The number of rotatable bonds is 3. The molecule has 0 amide bonds. The molecule has 0 heterocycles. The fourth-order valence-corrected chi connectivity index (χ4v) is 3.39. The van der Waals surface area contributed by atoms with E-state index in [0.717, 1.165) is 24.7 Å². The monoisotopic (exact) mass is 210 g/mol. The van der Waals surface area contributed by atoms with Crippen molar-refractivity contribution in [2.75, 3.05) is 0 Å². The molecule has 2 fully saturated rings. The molecule has 0 aromatic heterocycles. The fraction of sp³-hybridized carbons (Fsp3) is 1.00. The van der Waals surface area contributed by atoms with Crippen LogP contribution in [-0.4, -0.2) is 11.2 Å². The molecule has 1 nitrogen and oxygen atoms in total. The molecule has 15 heavy (non-hydrogen) atoms. The SMILES string of the molecule is CC(C)(C)CCC(O)C1C2CCCCC21. The minimum atomic E-state index is -0.00248. The lowest BCUT2D eigenvalue weighted by atomic mass is 9.88. The van der Waals surface area contributed by atoms with E-state index in [0.29, 0.717) is 11.3 Å². The molecule has 1 heteroatoms. The second-order valence-corrected chi connectivity index (χ2v) is 6.86. The highest BCUT2D eigenvalue weighted by Gasteiger charge is 2.53. The third-order valence-electron chi connectivity index (χ3n) is 4.36. The molecule has 0 aromatic rings. The average Bonchev–Trinajstić information content (AvgIpc) is 2.87. The zero-order valence-corrected chi connectivity index (χ0v) is 10.5. The van der Waals surface area contributed by atoms with Crippen molar-refractivity contribution in [3.63, 3.8) is 0 Å². The van der Waals surface area contributed by atoms with Crippen LogP contribution >= 0.6 is 0 Å². The summed E-state index contributed by atoms with van der Waals surface area (Å²) in [6.45, 7) is 6.79. The highest BCUT2D eigenvalue weighted by molar-refractivity contribution is 5.02. The topological polar surface area (TPSA) is 20.2 Å². The maximum absolute atomic E-state index is 10.2. The van der Waals surface area contributed by atoms with Crippen LogP contribution in [0.1, 0.15) is 59.3 Å². The number of hydrogen-bond acceptors (Lipinski definition) is 1. The van der Waals surface area contributed by atoms with Gasteiger partial charge in [0.05, 0.1) is 6.10 Å². The summed E-state index contributed by atoms with van der Waals surface area (Å²) < 4.78 is 0. The molecular weight excluding hydrogens is 184 g/mol. The van der Waals surface area contributed by atoms with Gasteiger partial charge in [0.15, 0.2) is 0 Å². The van der Waals surface area contributed by atoms with Gasteiger partial charge in [-0.3, -0.25) is 0 Å². The Bertz CT molecular complexity index is 204. The van der Waals surface area contributed by atoms with E-state index >= 15 is 0 Å². The van der Waals surface area contributed by atoms with Crippen LogP contribution in [0.2, 0.25) is 0 Å². The molecule has 0 saturated heterocycles. The van der Waals surface area contributed by atoms with Crippen molar-refractivity contribution in [3.05, 3.63) is 0 Å². The van der Waals surface area contributed by atoms with Gasteiger partial charge in [-0.1, -0.05) is 33.6 Å². The van der Waals surface area contributed by atoms with Crippen LogP contribution in [0, 0.1) is 23.2 Å². The lowest BCUT2D eigenvalue weighted by Gasteiger charge is -2.20. The minimum absolute atomic E-state index is 0.00248. The van der Waals surface area contributed by atoms with E-state index in [1.165, 1.54) is 25.7 Å². The minimum Gasteiger partial charge on any atom is -0.393 e. The van der Waals surface area contributed by atoms with Crippen molar-refractivity contribution in [2.24, 2.45) is 23.2 Å².